The highest BCUT2D eigenvalue weighted by molar-refractivity contribution is 7.89. The molecule has 0 aliphatic rings. The lowest BCUT2D eigenvalue weighted by Gasteiger charge is -2.10. The van der Waals surface area contributed by atoms with Crippen molar-refractivity contribution in [3.05, 3.63) is 22.4 Å². The second-order valence-electron chi connectivity index (χ2n) is 4.18. The van der Waals surface area contributed by atoms with Gasteiger partial charge in [-0.15, -0.1) is 11.3 Å². The van der Waals surface area contributed by atoms with Gasteiger partial charge in [0.15, 0.2) is 0 Å². The first-order chi connectivity index (χ1) is 7.97. The van der Waals surface area contributed by atoms with Gasteiger partial charge in [-0.25, -0.2) is 13.6 Å². The van der Waals surface area contributed by atoms with Gasteiger partial charge in [-0.1, -0.05) is 13.0 Å². The van der Waals surface area contributed by atoms with Gasteiger partial charge in [0.25, 0.3) is 0 Å². The zero-order chi connectivity index (χ0) is 12.7. The minimum Gasteiger partial charge on any atom is -0.376 e. The van der Waals surface area contributed by atoms with Crippen LogP contribution in [0.2, 0.25) is 0 Å². The van der Waals surface area contributed by atoms with Gasteiger partial charge in [0.1, 0.15) is 0 Å². The Morgan fingerprint density at radius 3 is 2.82 bits per heavy atom. The molecule has 0 saturated heterocycles. The third-order valence-electron chi connectivity index (χ3n) is 2.47. The summed E-state index contributed by atoms with van der Waals surface area (Å²) in [6, 6.07) is 4.03. The Hall–Kier alpha value is -0.430. The topological polar surface area (TPSA) is 69.4 Å². The molecule has 0 amide bonds. The summed E-state index contributed by atoms with van der Waals surface area (Å²) in [5.74, 6) is 0.371. The molecule has 0 radical (unpaired) electrons. The molecule has 4 nitrogen and oxygen atoms in total. The number of primary sulfonamides is 1. The van der Waals surface area contributed by atoms with E-state index in [1.165, 1.54) is 4.88 Å². The van der Waals surface area contributed by atoms with E-state index in [4.69, 9.17) is 9.88 Å². The van der Waals surface area contributed by atoms with E-state index in [-0.39, 0.29) is 5.75 Å². The van der Waals surface area contributed by atoms with Crippen molar-refractivity contribution >= 4 is 21.4 Å². The summed E-state index contributed by atoms with van der Waals surface area (Å²) in [4.78, 5) is 1.21. The van der Waals surface area contributed by atoms with Crippen LogP contribution in [-0.4, -0.2) is 20.8 Å². The zero-order valence-electron chi connectivity index (χ0n) is 9.96. The molecule has 0 aliphatic carbocycles. The van der Waals surface area contributed by atoms with Gasteiger partial charge in [-0.3, -0.25) is 0 Å². The van der Waals surface area contributed by atoms with Crippen LogP contribution in [0.4, 0.5) is 0 Å². The van der Waals surface area contributed by atoms with Crippen molar-refractivity contribution in [2.75, 3.05) is 12.4 Å². The number of nitrogens with two attached hydrogens (primary N) is 1. The second-order valence-corrected chi connectivity index (χ2v) is 6.95. The molecule has 0 spiro atoms. The Morgan fingerprint density at radius 1 is 1.47 bits per heavy atom. The van der Waals surface area contributed by atoms with E-state index < -0.39 is 10.0 Å². The molecule has 1 rings (SSSR count). The predicted octanol–water partition coefficient (Wildman–Crippen LogP) is 1.97. The Bertz CT molecular complexity index is 400. The highest BCUT2D eigenvalue weighted by Crippen LogP contribution is 2.12. The monoisotopic (exact) mass is 277 g/mol. The summed E-state index contributed by atoms with van der Waals surface area (Å²) >= 11 is 1.67. The van der Waals surface area contributed by atoms with E-state index in [0.717, 1.165) is 6.42 Å². The number of ether oxygens (including phenoxy) is 1. The summed E-state index contributed by atoms with van der Waals surface area (Å²) in [7, 11) is -3.32. The van der Waals surface area contributed by atoms with E-state index in [1.807, 2.05) is 24.4 Å². The van der Waals surface area contributed by atoms with Gasteiger partial charge >= 0.3 is 0 Å². The van der Waals surface area contributed by atoms with Crippen LogP contribution >= 0.6 is 11.3 Å². The van der Waals surface area contributed by atoms with Gasteiger partial charge in [0.2, 0.25) is 10.0 Å². The SMILES string of the molecule is CC(CCOCc1cccs1)CCS(N)(=O)=O. The van der Waals surface area contributed by atoms with Crippen molar-refractivity contribution < 1.29 is 13.2 Å². The smallest absolute Gasteiger partial charge is 0.209 e. The first-order valence-electron chi connectivity index (χ1n) is 5.58. The molecule has 0 bridgehead atoms. The van der Waals surface area contributed by atoms with Gasteiger partial charge in [0, 0.05) is 11.5 Å². The molecule has 0 fully saturated rings. The minimum atomic E-state index is -3.32. The molecule has 1 aromatic heterocycles. The van der Waals surface area contributed by atoms with Crippen LogP contribution in [-0.2, 0) is 21.4 Å². The number of hydrogen-bond donors (Lipinski definition) is 1. The summed E-state index contributed by atoms with van der Waals surface area (Å²) in [5, 5.41) is 6.97. The fourth-order valence-electron chi connectivity index (χ4n) is 1.36. The molecule has 0 aromatic carbocycles. The standard InChI is InChI=1S/C11H19NO3S2/c1-10(5-8-17(12,13)14)4-6-15-9-11-3-2-7-16-11/h2-3,7,10H,4-6,8-9H2,1H3,(H2,12,13,14). The van der Waals surface area contributed by atoms with E-state index in [0.29, 0.717) is 25.6 Å². The number of hydrogen-bond acceptors (Lipinski definition) is 4. The highest BCUT2D eigenvalue weighted by atomic mass is 32.2. The fraction of sp³-hybridized carbons (Fsp3) is 0.636. The van der Waals surface area contributed by atoms with Crippen LogP contribution in [0.25, 0.3) is 0 Å². The summed E-state index contributed by atoms with van der Waals surface area (Å²) < 4.78 is 27.0. The lowest BCUT2D eigenvalue weighted by Crippen LogP contribution is -2.18. The number of thiophene rings is 1. The van der Waals surface area contributed by atoms with Gasteiger partial charge in [-0.05, 0) is 30.2 Å². The molecule has 1 heterocycles. The predicted molar refractivity (Wildman–Crippen MR) is 70.3 cm³/mol. The number of sulfonamides is 1. The van der Waals surface area contributed by atoms with E-state index >= 15 is 0 Å². The molecule has 2 N–H and O–H groups in total. The molecular weight excluding hydrogens is 258 g/mol. The van der Waals surface area contributed by atoms with Crippen molar-refractivity contribution in [2.24, 2.45) is 11.1 Å². The molecule has 0 saturated carbocycles. The first kappa shape index (κ1) is 14.6. The van der Waals surface area contributed by atoms with Crippen LogP contribution in [0.3, 0.4) is 0 Å². The van der Waals surface area contributed by atoms with Crippen molar-refractivity contribution in [1.82, 2.24) is 0 Å². The second kappa shape index (κ2) is 7.10. The Balaban J connectivity index is 2.06. The molecule has 1 aromatic rings. The maximum atomic E-state index is 10.8. The third kappa shape index (κ3) is 7.49. The molecule has 1 unspecified atom stereocenters. The van der Waals surface area contributed by atoms with Gasteiger partial charge in [0.05, 0.1) is 12.4 Å². The Morgan fingerprint density at radius 2 is 2.24 bits per heavy atom. The fourth-order valence-corrected chi connectivity index (χ4v) is 2.73. The maximum Gasteiger partial charge on any atom is 0.209 e. The third-order valence-corrected chi connectivity index (χ3v) is 4.13. The number of rotatable bonds is 8. The summed E-state index contributed by atoms with van der Waals surface area (Å²) in [6.45, 7) is 3.31. The highest BCUT2D eigenvalue weighted by Gasteiger charge is 2.08. The van der Waals surface area contributed by atoms with Crippen molar-refractivity contribution in [1.29, 1.82) is 0 Å². The van der Waals surface area contributed by atoms with Crippen molar-refractivity contribution in [2.45, 2.75) is 26.4 Å². The first-order valence-corrected chi connectivity index (χ1v) is 8.17. The van der Waals surface area contributed by atoms with Crippen LogP contribution in [0.5, 0.6) is 0 Å². The Kier molecular flexibility index (Phi) is 6.11. The molecule has 17 heavy (non-hydrogen) atoms. The van der Waals surface area contributed by atoms with Crippen LogP contribution in [0.15, 0.2) is 17.5 Å². The van der Waals surface area contributed by atoms with Crippen LogP contribution < -0.4 is 5.14 Å². The summed E-state index contributed by atoms with van der Waals surface area (Å²) in [6.07, 6.45) is 1.46. The normalized spacial score (nSPS) is 13.8. The van der Waals surface area contributed by atoms with Crippen molar-refractivity contribution in [3.63, 3.8) is 0 Å². The zero-order valence-corrected chi connectivity index (χ0v) is 11.6. The van der Waals surface area contributed by atoms with Crippen LogP contribution in [0, 0.1) is 5.92 Å². The molecule has 6 heteroatoms. The molecule has 98 valence electrons. The summed E-state index contributed by atoms with van der Waals surface area (Å²) in [5.41, 5.74) is 0. The van der Waals surface area contributed by atoms with Crippen molar-refractivity contribution in [3.8, 4) is 0 Å². The lowest BCUT2D eigenvalue weighted by atomic mass is 10.1. The Labute approximate surface area is 107 Å². The average molecular weight is 277 g/mol. The quantitative estimate of drug-likeness (QED) is 0.739. The minimum absolute atomic E-state index is 0.0547. The molecule has 0 aliphatic heterocycles. The average Bonchev–Trinajstić information content (AvgIpc) is 2.73. The van der Waals surface area contributed by atoms with Gasteiger partial charge in [-0.2, -0.15) is 0 Å². The molecular formula is C11H19NO3S2. The van der Waals surface area contributed by atoms with Crippen LogP contribution in [0.1, 0.15) is 24.6 Å². The maximum absolute atomic E-state index is 10.8. The largest absolute Gasteiger partial charge is 0.376 e. The lowest BCUT2D eigenvalue weighted by molar-refractivity contribution is 0.110. The van der Waals surface area contributed by atoms with E-state index in [9.17, 15) is 8.42 Å². The van der Waals surface area contributed by atoms with Gasteiger partial charge < -0.3 is 4.74 Å². The molecule has 1 atom stereocenters. The van der Waals surface area contributed by atoms with E-state index in [1.54, 1.807) is 11.3 Å². The van der Waals surface area contributed by atoms with E-state index in [2.05, 4.69) is 0 Å².